The zero-order valence-corrected chi connectivity index (χ0v) is 15.2. The smallest absolute Gasteiger partial charge is 0.216 e. The Balaban J connectivity index is 1.83. The van der Waals surface area contributed by atoms with Gasteiger partial charge >= 0.3 is 0 Å². The molecule has 0 unspecified atom stereocenters. The molecule has 0 amide bonds. The van der Waals surface area contributed by atoms with Crippen LogP contribution in [-0.2, 0) is 3.79 Å². The van der Waals surface area contributed by atoms with Crippen LogP contribution in [0.1, 0.15) is 15.9 Å². The van der Waals surface area contributed by atoms with E-state index in [2.05, 4.69) is 0 Å². The van der Waals surface area contributed by atoms with Gasteiger partial charge in [-0.3, -0.25) is 4.79 Å². The summed E-state index contributed by atoms with van der Waals surface area (Å²) in [6.07, 6.45) is 1.63. The highest BCUT2D eigenvalue weighted by Crippen LogP contribution is 2.44. The van der Waals surface area contributed by atoms with E-state index in [1.54, 1.807) is 42.1 Å². The molecule has 0 atom stereocenters. The van der Waals surface area contributed by atoms with E-state index in [1.807, 2.05) is 36.2 Å². The van der Waals surface area contributed by atoms with Gasteiger partial charge in [-0.2, -0.15) is 0 Å². The molecule has 0 aromatic heterocycles. The lowest BCUT2D eigenvalue weighted by molar-refractivity contribution is 0.104. The molecule has 118 valence electrons. The number of halogens is 3. The predicted octanol–water partition coefficient (Wildman–Crippen LogP) is 5.78. The van der Waals surface area contributed by atoms with Crippen molar-refractivity contribution in [1.82, 2.24) is 0 Å². The highest BCUT2D eigenvalue weighted by molar-refractivity contribution is 8.03. The van der Waals surface area contributed by atoms with Gasteiger partial charge in [0.2, 0.25) is 3.79 Å². The van der Waals surface area contributed by atoms with E-state index in [-0.39, 0.29) is 5.78 Å². The molecule has 6 heteroatoms. The molecule has 2 aromatic rings. The molecule has 2 aromatic carbocycles. The van der Waals surface area contributed by atoms with Gasteiger partial charge in [0.05, 0.1) is 10.7 Å². The maximum absolute atomic E-state index is 12.4. The first-order valence-corrected chi connectivity index (χ1v) is 8.75. The number of thioether (sulfide) groups is 1. The number of hydrogen-bond acceptors (Lipinski definition) is 3. The lowest BCUT2D eigenvalue weighted by Crippen LogP contribution is -2.11. The quantitative estimate of drug-likeness (QED) is 0.372. The van der Waals surface area contributed by atoms with E-state index in [0.717, 1.165) is 15.6 Å². The van der Waals surface area contributed by atoms with Crippen molar-refractivity contribution in [2.45, 2.75) is 8.69 Å². The summed E-state index contributed by atoms with van der Waals surface area (Å²) < 4.78 is -1.48. The van der Waals surface area contributed by atoms with Crippen molar-refractivity contribution in [2.24, 2.45) is 0 Å². The molecular weight excluding hydrogens is 373 g/mol. The number of ketones is 1. The van der Waals surface area contributed by atoms with Crippen LogP contribution in [0.5, 0.6) is 0 Å². The topological polar surface area (TPSA) is 20.3 Å². The van der Waals surface area contributed by atoms with E-state index in [9.17, 15) is 4.79 Å². The number of carbonyl (C=O) groups excluding carboxylic acids is 1. The summed E-state index contributed by atoms with van der Waals surface area (Å²) >= 11 is 19.0. The second-order valence-electron chi connectivity index (χ2n) is 5.05. The van der Waals surface area contributed by atoms with Crippen LogP contribution < -0.4 is 4.90 Å². The Morgan fingerprint density at radius 2 is 1.74 bits per heavy atom. The van der Waals surface area contributed by atoms with Crippen molar-refractivity contribution in [3.63, 3.8) is 0 Å². The summed E-state index contributed by atoms with van der Waals surface area (Å²) in [7, 11) is 1.95. The third-order valence-corrected chi connectivity index (χ3v) is 5.34. The maximum atomic E-state index is 12.4. The molecule has 0 radical (unpaired) electrons. The fourth-order valence-electron chi connectivity index (χ4n) is 2.27. The summed E-state index contributed by atoms with van der Waals surface area (Å²) in [6.45, 7) is 0. The number of anilines is 1. The summed E-state index contributed by atoms with van der Waals surface area (Å²) in [4.78, 5) is 15.6. The van der Waals surface area contributed by atoms with E-state index in [4.69, 9.17) is 34.8 Å². The molecule has 1 aliphatic rings. The Bertz CT molecular complexity index is 781. The van der Waals surface area contributed by atoms with Crippen LogP contribution in [0.4, 0.5) is 5.69 Å². The van der Waals surface area contributed by atoms with Crippen LogP contribution in [0.15, 0.2) is 64.5 Å². The number of rotatable bonds is 2. The van der Waals surface area contributed by atoms with Crippen LogP contribution >= 0.6 is 46.6 Å². The minimum atomic E-state index is -1.48. The average molecular weight is 385 g/mol. The van der Waals surface area contributed by atoms with Crippen molar-refractivity contribution in [3.8, 4) is 0 Å². The molecule has 3 rings (SSSR count). The van der Waals surface area contributed by atoms with Gasteiger partial charge in [0, 0.05) is 29.1 Å². The highest BCUT2D eigenvalue weighted by Gasteiger charge is 2.24. The first-order valence-electron chi connectivity index (χ1n) is 6.80. The number of benzene rings is 2. The van der Waals surface area contributed by atoms with E-state index in [0.29, 0.717) is 11.1 Å². The first kappa shape index (κ1) is 16.7. The normalized spacial score (nSPS) is 15.8. The largest absolute Gasteiger partial charge is 0.338 e. The predicted molar refractivity (Wildman–Crippen MR) is 98.8 cm³/mol. The van der Waals surface area contributed by atoms with E-state index >= 15 is 0 Å². The lowest BCUT2D eigenvalue weighted by Gasteiger charge is -2.13. The molecule has 0 saturated carbocycles. The van der Waals surface area contributed by atoms with Crippen LogP contribution in [0.25, 0.3) is 0 Å². The molecular formula is C17H12Cl3NOS. The number of para-hydroxylation sites is 1. The molecule has 0 spiro atoms. The third kappa shape index (κ3) is 3.53. The molecule has 1 heterocycles. The number of alkyl halides is 3. The van der Waals surface area contributed by atoms with Crippen molar-refractivity contribution in [1.29, 1.82) is 0 Å². The molecule has 0 N–H and O–H groups in total. The monoisotopic (exact) mass is 383 g/mol. The summed E-state index contributed by atoms with van der Waals surface area (Å²) in [6, 6.07) is 14.7. The van der Waals surface area contributed by atoms with Crippen LogP contribution in [0, 0.1) is 0 Å². The minimum absolute atomic E-state index is 0.0805. The van der Waals surface area contributed by atoms with Gasteiger partial charge in [-0.25, -0.2) is 0 Å². The number of nitrogens with zero attached hydrogens (tertiary/aromatic N) is 1. The lowest BCUT2D eigenvalue weighted by atomic mass is 10.1. The fraction of sp³-hybridized carbons (Fsp3) is 0.118. The molecule has 0 saturated heterocycles. The standard InChI is InChI=1S/C17H12Cl3NOS/c1-21-13-4-2-3-5-15(13)23-16(21)10-14(22)11-6-8-12(9-7-11)17(18,19)20/h2-10H,1H3/b16-10-. The molecule has 1 aliphatic heterocycles. The average Bonchev–Trinajstić information content (AvgIpc) is 2.83. The molecule has 0 aliphatic carbocycles. The molecule has 0 bridgehead atoms. The summed E-state index contributed by atoms with van der Waals surface area (Å²) in [5.74, 6) is -0.0805. The number of allylic oxidation sites excluding steroid dienone is 1. The van der Waals surface area contributed by atoms with Crippen LogP contribution in [-0.4, -0.2) is 12.8 Å². The van der Waals surface area contributed by atoms with E-state index in [1.165, 1.54) is 0 Å². The van der Waals surface area contributed by atoms with Crippen LogP contribution in [0.3, 0.4) is 0 Å². The van der Waals surface area contributed by atoms with Gasteiger partial charge < -0.3 is 4.90 Å². The Morgan fingerprint density at radius 1 is 1.09 bits per heavy atom. The fourth-order valence-corrected chi connectivity index (χ4v) is 3.73. The first-order chi connectivity index (χ1) is 10.9. The third-order valence-electron chi connectivity index (χ3n) is 3.52. The Kier molecular flexibility index (Phi) is 4.65. The zero-order chi connectivity index (χ0) is 16.6. The van der Waals surface area contributed by atoms with Gasteiger partial charge in [0.15, 0.2) is 5.78 Å². The molecule has 2 nitrogen and oxygen atoms in total. The van der Waals surface area contributed by atoms with Gasteiger partial charge in [-0.15, -0.1) is 0 Å². The van der Waals surface area contributed by atoms with Gasteiger partial charge in [0.1, 0.15) is 0 Å². The zero-order valence-electron chi connectivity index (χ0n) is 12.1. The Morgan fingerprint density at radius 3 is 2.35 bits per heavy atom. The van der Waals surface area contributed by atoms with Gasteiger partial charge in [-0.1, -0.05) is 83.0 Å². The van der Waals surface area contributed by atoms with Gasteiger partial charge in [-0.05, 0) is 12.1 Å². The number of carbonyl (C=O) groups is 1. The van der Waals surface area contributed by atoms with Crippen molar-refractivity contribution in [2.75, 3.05) is 11.9 Å². The van der Waals surface area contributed by atoms with E-state index < -0.39 is 3.79 Å². The van der Waals surface area contributed by atoms with Crippen molar-refractivity contribution < 1.29 is 4.79 Å². The molecule has 0 fully saturated rings. The Labute approximate surface area is 154 Å². The Hall–Kier alpha value is -1.13. The number of hydrogen-bond donors (Lipinski definition) is 0. The van der Waals surface area contributed by atoms with Crippen LogP contribution in [0.2, 0.25) is 0 Å². The summed E-state index contributed by atoms with van der Waals surface area (Å²) in [5.41, 5.74) is 2.19. The minimum Gasteiger partial charge on any atom is -0.338 e. The highest BCUT2D eigenvalue weighted by atomic mass is 35.6. The second-order valence-corrected chi connectivity index (χ2v) is 8.39. The SMILES string of the molecule is CN1/C(=C/C(=O)c2ccc(C(Cl)(Cl)Cl)cc2)Sc2ccccc21. The van der Waals surface area contributed by atoms with Crippen molar-refractivity contribution >= 4 is 58.0 Å². The molecule has 23 heavy (non-hydrogen) atoms. The van der Waals surface area contributed by atoms with Crippen molar-refractivity contribution in [3.05, 3.63) is 70.8 Å². The summed E-state index contributed by atoms with van der Waals surface area (Å²) in [5, 5.41) is 0.890. The second kappa shape index (κ2) is 6.40. The number of fused-ring (bicyclic) bond motifs is 1. The van der Waals surface area contributed by atoms with Gasteiger partial charge in [0.25, 0.3) is 0 Å². The maximum Gasteiger partial charge on any atom is 0.216 e.